The lowest BCUT2D eigenvalue weighted by atomic mass is 9.96. The van der Waals surface area contributed by atoms with E-state index in [1.54, 1.807) is 13.8 Å². The van der Waals surface area contributed by atoms with Gasteiger partial charge in [-0.15, -0.1) is 0 Å². The fourth-order valence-corrected chi connectivity index (χ4v) is 1.90. The van der Waals surface area contributed by atoms with Crippen molar-refractivity contribution in [2.75, 3.05) is 0 Å². The Morgan fingerprint density at radius 3 is 2.50 bits per heavy atom. The van der Waals surface area contributed by atoms with Crippen LogP contribution in [0.15, 0.2) is 11.1 Å². The summed E-state index contributed by atoms with van der Waals surface area (Å²) >= 11 is 0. The quantitative estimate of drug-likeness (QED) is 0.504. The molecule has 0 aromatic carbocycles. The van der Waals surface area contributed by atoms with Crippen LogP contribution in [0.25, 0.3) is 0 Å². The molecular weight excluding hydrogens is 156 g/mol. The highest BCUT2D eigenvalue weighted by Crippen LogP contribution is 2.39. The summed E-state index contributed by atoms with van der Waals surface area (Å²) in [6.07, 6.45) is 1.04. The maximum atomic E-state index is 11.3. The summed E-state index contributed by atoms with van der Waals surface area (Å²) in [4.78, 5) is 22.5. The van der Waals surface area contributed by atoms with E-state index < -0.39 is 5.60 Å². The van der Waals surface area contributed by atoms with Crippen LogP contribution < -0.4 is 0 Å². The molecule has 3 nitrogen and oxygen atoms in total. The monoisotopic (exact) mass is 166 g/mol. The SMILES string of the molecule is CC1(C)OC(=O)C2=C1C(=O)CC2. The van der Waals surface area contributed by atoms with Gasteiger partial charge in [0.25, 0.3) is 0 Å². The van der Waals surface area contributed by atoms with Crippen molar-refractivity contribution in [3.8, 4) is 0 Å². The minimum absolute atomic E-state index is 0.0702. The first-order valence-corrected chi connectivity index (χ1v) is 4.02. The Morgan fingerprint density at radius 2 is 1.92 bits per heavy atom. The lowest BCUT2D eigenvalue weighted by molar-refractivity contribution is -0.145. The molecule has 1 heterocycles. The smallest absolute Gasteiger partial charge is 0.335 e. The maximum absolute atomic E-state index is 11.3. The van der Waals surface area contributed by atoms with E-state index in [1.807, 2.05) is 0 Å². The van der Waals surface area contributed by atoms with Crippen molar-refractivity contribution in [2.24, 2.45) is 0 Å². The minimum Gasteiger partial charge on any atom is -0.451 e. The highest BCUT2D eigenvalue weighted by molar-refractivity contribution is 6.11. The second-order valence-electron chi connectivity index (χ2n) is 3.68. The number of cyclic esters (lactones) is 1. The first-order chi connectivity index (χ1) is 5.52. The molecule has 0 saturated carbocycles. The van der Waals surface area contributed by atoms with Crippen LogP contribution in [0.4, 0.5) is 0 Å². The molecule has 0 amide bonds. The van der Waals surface area contributed by atoms with Gasteiger partial charge >= 0.3 is 5.97 Å². The number of carbonyl (C=O) groups is 2. The molecule has 12 heavy (non-hydrogen) atoms. The zero-order chi connectivity index (χ0) is 8.93. The average Bonchev–Trinajstić information content (AvgIpc) is 2.38. The average molecular weight is 166 g/mol. The van der Waals surface area contributed by atoms with Crippen molar-refractivity contribution in [1.82, 2.24) is 0 Å². The zero-order valence-electron chi connectivity index (χ0n) is 7.14. The first-order valence-electron chi connectivity index (χ1n) is 4.02. The molecule has 0 aromatic rings. The van der Waals surface area contributed by atoms with E-state index >= 15 is 0 Å². The van der Waals surface area contributed by atoms with Crippen LogP contribution in [-0.4, -0.2) is 17.4 Å². The Balaban J connectivity index is 2.53. The molecule has 0 N–H and O–H groups in total. The third-order valence-corrected chi connectivity index (χ3v) is 2.38. The van der Waals surface area contributed by atoms with Gasteiger partial charge in [0.05, 0.1) is 0 Å². The van der Waals surface area contributed by atoms with Crippen molar-refractivity contribution in [3.63, 3.8) is 0 Å². The second kappa shape index (κ2) is 1.97. The van der Waals surface area contributed by atoms with E-state index in [9.17, 15) is 9.59 Å². The summed E-state index contributed by atoms with van der Waals surface area (Å²) in [7, 11) is 0. The van der Waals surface area contributed by atoms with Gasteiger partial charge in [-0.3, -0.25) is 4.79 Å². The van der Waals surface area contributed by atoms with E-state index in [1.165, 1.54) is 0 Å². The van der Waals surface area contributed by atoms with Crippen LogP contribution in [0.1, 0.15) is 26.7 Å². The summed E-state index contributed by atoms with van der Waals surface area (Å²) in [5.74, 6) is -0.235. The number of rotatable bonds is 0. The molecule has 0 radical (unpaired) electrons. The third-order valence-electron chi connectivity index (χ3n) is 2.38. The van der Waals surface area contributed by atoms with E-state index in [4.69, 9.17) is 4.74 Å². The van der Waals surface area contributed by atoms with E-state index in [0.29, 0.717) is 24.0 Å². The minimum atomic E-state index is -0.681. The van der Waals surface area contributed by atoms with Crippen LogP contribution in [0.5, 0.6) is 0 Å². The van der Waals surface area contributed by atoms with Gasteiger partial charge in [-0.2, -0.15) is 0 Å². The summed E-state index contributed by atoms with van der Waals surface area (Å²) in [6.45, 7) is 3.52. The van der Waals surface area contributed by atoms with Crippen LogP contribution >= 0.6 is 0 Å². The molecule has 1 aliphatic carbocycles. The van der Waals surface area contributed by atoms with Gasteiger partial charge in [0.15, 0.2) is 5.78 Å². The fraction of sp³-hybridized carbons (Fsp3) is 0.556. The number of esters is 1. The highest BCUT2D eigenvalue weighted by Gasteiger charge is 2.46. The number of ketones is 1. The van der Waals surface area contributed by atoms with Crippen LogP contribution in [0.2, 0.25) is 0 Å². The van der Waals surface area contributed by atoms with E-state index in [0.717, 1.165) is 0 Å². The van der Waals surface area contributed by atoms with E-state index in [-0.39, 0.29) is 11.8 Å². The largest absolute Gasteiger partial charge is 0.451 e. The maximum Gasteiger partial charge on any atom is 0.335 e. The third kappa shape index (κ3) is 0.763. The lowest BCUT2D eigenvalue weighted by Gasteiger charge is -2.19. The summed E-state index contributed by atoms with van der Waals surface area (Å²) in [5.41, 5.74) is 0.525. The standard InChI is InChI=1S/C9H10O3/c1-9(2)7-5(8(11)12-9)3-4-6(7)10/h3-4H2,1-2H3. The van der Waals surface area contributed by atoms with Gasteiger partial charge in [-0.05, 0) is 20.3 Å². The van der Waals surface area contributed by atoms with Gasteiger partial charge in [-0.1, -0.05) is 0 Å². The lowest BCUT2D eigenvalue weighted by Crippen LogP contribution is -2.27. The molecule has 0 unspecified atom stereocenters. The molecule has 0 saturated heterocycles. The Hall–Kier alpha value is -1.12. The Bertz CT molecular complexity index is 308. The molecule has 3 heteroatoms. The van der Waals surface area contributed by atoms with Crippen molar-refractivity contribution < 1.29 is 14.3 Å². The second-order valence-corrected chi connectivity index (χ2v) is 3.68. The Kier molecular flexibility index (Phi) is 1.24. The van der Waals surface area contributed by atoms with Crippen LogP contribution in [0, 0.1) is 0 Å². The summed E-state index contributed by atoms with van der Waals surface area (Å²) < 4.78 is 5.05. The van der Waals surface area contributed by atoms with Gasteiger partial charge in [0.2, 0.25) is 0 Å². The van der Waals surface area contributed by atoms with E-state index in [2.05, 4.69) is 0 Å². The first kappa shape index (κ1) is 7.53. The summed E-state index contributed by atoms with van der Waals surface area (Å²) in [6, 6.07) is 0. The van der Waals surface area contributed by atoms with Gasteiger partial charge in [0.1, 0.15) is 5.60 Å². The van der Waals surface area contributed by atoms with Gasteiger partial charge < -0.3 is 4.74 Å². The number of hydrogen-bond donors (Lipinski definition) is 0. The fourth-order valence-electron chi connectivity index (χ4n) is 1.90. The molecule has 2 aliphatic rings. The number of Topliss-reactive ketones (excluding diaryl/α,β-unsaturated/α-hetero) is 1. The van der Waals surface area contributed by atoms with Crippen molar-refractivity contribution in [1.29, 1.82) is 0 Å². The number of hydrogen-bond acceptors (Lipinski definition) is 3. The van der Waals surface area contributed by atoms with Crippen molar-refractivity contribution in [3.05, 3.63) is 11.1 Å². The van der Waals surface area contributed by atoms with Crippen LogP contribution in [-0.2, 0) is 14.3 Å². The number of ether oxygens (including phenoxy) is 1. The molecule has 2 rings (SSSR count). The molecule has 64 valence electrons. The Morgan fingerprint density at radius 1 is 1.25 bits per heavy atom. The predicted molar refractivity (Wildman–Crippen MR) is 41.4 cm³/mol. The van der Waals surface area contributed by atoms with Gasteiger partial charge in [-0.25, -0.2) is 4.79 Å². The molecule has 0 atom stereocenters. The molecule has 0 aromatic heterocycles. The molecule has 1 aliphatic heterocycles. The topological polar surface area (TPSA) is 43.4 Å². The number of carbonyl (C=O) groups excluding carboxylic acids is 2. The normalized spacial score (nSPS) is 26.2. The van der Waals surface area contributed by atoms with Gasteiger partial charge in [0, 0.05) is 17.6 Å². The molecule has 0 spiro atoms. The predicted octanol–water partition coefficient (Wildman–Crippen LogP) is 0.981. The molecular formula is C9H10O3. The zero-order valence-corrected chi connectivity index (χ0v) is 7.14. The molecule has 0 fully saturated rings. The Labute approximate surface area is 70.4 Å². The van der Waals surface area contributed by atoms with Crippen LogP contribution in [0.3, 0.4) is 0 Å². The van der Waals surface area contributed by atoms with Crippen molar-refractivity contribution in [2.45, 2.75) is 32.3 Å². The summed E-state index contributed by atoms with van der Waals surface area (Å²) in [5, 5.41) is 0. The molecule has 0 bridgehead atoms. The highest BCUT2D eigenvalue weighted by atomic mass is 16.6. The van der Waals surface area contributed by atoms with Crippen molar-refractivity contribution >= 4 is 11.8 Å².